The van der Waals surface area contributed by atoms with Gasteiger partial charge in [0.1, 0.15) is 18.8 Å². The van der Waals surface area contributed by atoms with Crippen LogP contribution < -0.4 is 25.4 Å². The minimum absolute atomic E-state index is 0.0178. The fourth-order valence-corrected chi connectivity index (χ4v) is 5.50. The zero-order chi connectivity index (χ0) is 32.2. The van der Waals surface area contributed by atoms with Crippen molar-refractivity contribution in [1.82, 2.24) is 16.0 Å². The van der Waals surface area contributed by atoms with Crippen LogP contribution in [0.25, 0.3) is 0 Å². The number of methoxy groups -OCH3 is 2. The fourth-order valence-electron chi connectivity index (χ4n) is 5.50. The Bertz CT molecular complexity index is 1180. The van der Waals surface area contributed by atoms with E-state index in [9.17, 15) is 19.2 Å². The van der Waals surface area contributed by atoms with Gasteiger partial charge < -0.3 is 53.8 Å². The van der Waals surface area contributed by atoms with Gasteiger partial charge in [0.05, 0.1) is 25.9 Å². The third-order valence-electron chi connectivity index (χ3n) is 7.66. The Labute approximate surface area is 261 Å². The molecule has 3 amide bonds. The Balaban J connectivity index is 1.35. The minimum Gasteiger partial charge on any atom is -0.467 e. The molecule has 1 spiro atoms. The summed E-state index contributed by atoms with van der Waals surface area (Å²) in [5.41, 5.74) is 0.814. The van der Waals surface area contributed by atoms with Crippen LogP contribution in [0.3, 0.4) is 0 Å². The van der Waals surface area contributed by atoms with Gasteiger partial charge in [0, 0.05) is 45.9 Å². The summed E-state index contributed by atoms with van der Waals surface area (Å²) in [5.74, 6) is -0.726. The Kier molecular flexibility index (Phi) is 12.5. The first-order valence-electron chi connectivity index (χ1n) is 15.1. The van der Waals surface area contributed by atoms with Crippen molar-refractivity contribution in [3.63, 3.8) is 0 Å². The number of benzene rings is 1. The van der Waals surface area contributed by atoms with E-state index in [-0.39, 0.29) is 38.7 Å². The molecule has 0 radical (unpaired) electrons. The first-order chi connectivity index (χ1) is 21.7. The van der Waals surface area contributed by atoms with E-state index in [4.69, 9.17) is 33.2 Å². The van der Waals surface area contributed by atoms with Crippen LogP contribution in [0.4, 0.5) is 9.59 Å². The Morgan fingerprint density at radius 3 is 2.64 bits per heavy atom. The number of nitrogens with one attached hydrogen (secondary N) is 3. The van der Waals surface area contributed by atoms with Crippen LogP contribution in [0.1, 0.15) is 57.4 Å². The average Bonchev–Trinajstić information content (AvgIpc) is 3.49. The molecule has 1 aromatic rings. The summed E-state index contributed by atoms with van der Waals surface area (Å²) in [7, 11) is 2.79. The first-order valence-corrected chi connectivity index (χ1v) is 15.1. The smallest absolute Gasteiger partial charge is 0.407 e. The van der Waals surface area contributed by atoms with E-state index in [0.29, 0.717) is 50.3 Å². The van der Waals surface area contributed by atoms with Crippen LogP contribution >= 0.6 is 0 Å². The van der Waals surface area contributed by atoms with E-state index >= 15 is 0 Å². The first kappa shape index (κ1) is 34.1. The number of hydrogen-bond donors (Lipinski definition) is 3. The van der Waals surface area contributed by atoms with E-state index in [0.717, 1.165) is 12.0 Å². The van der Waals surface area contributed by atoms with E-state index in [1.807, 2.05) is 6.07 Å². The van der Waals surface area contributed by atoms with Crippen LogP contribution in [0, 0.1) is 0 Å². The van der Waals surface area contributed by atoms with E-state index < -0.39 is 48.3 Å². The Morgan fingerprint density at radius 2 is 1.84 bits per heavy atom. The maximum Gasteiger partial charge on any atom is 0.407 e. The number of ether oxygens (including phenoxy) is 8. The summed E-state index contributed by atoms with van der Waals surface area (Å²) in [5, 5.41) is 7.98. The lowest BCUT2D eigenvalue weighted by molar-refractivity contribution is -0.329. The number of hydrogen-bond acceptors (Lipinski definition) is 12. The average molecular weight is 638 g/mol. The van der Waals surface area contributed by atoms with Gasteiger partial charge in [0.25, 0.3) is 0 Å². The van der Waals surface area contributed by atoms with E-state index in [1.165, 1.54) is 21.1 Å². The topological polar surface area (TPSA) is 178 Å². The second kappa shape index (κ2) is 16.5. The van der Waals surface area contributed by atoms with Gasteiger partial charge in [-0.05, 0) is 43.9 Å². The normalized spacial score (nSPS) is 24.3. The Morgan fingerprint density at radius 1 is 1.04 bits per heavy atom. The van der Waals surface area contributed by atoms with Crippen LogP contribution in [0.2, 0.25) is 0 Å². The largest absolute Gasteiger partial charge is 0.467 e. The summed E-state index contributed by atoms with van der Waals surface area (Å²) >= 11 is 0. The maximum atomic E-state index is 12.9. The van der Waals surface area contributed by atoms with Crippen molar-refractivity contribution in [3.05, 3.63) is 23.8 Å². The number of alkyl carbamates (subject to hydrolysis) is 2. The van der Waals surface area contributed by atoms with Crippen molar-refractivity contribution in [2.75, 3.05) is 40.8 Å². The third-order valence-corrected chi connectivity index (χ3v) is 7.66. The quantitative estimate of drug-likeness (QED) is 0.164. The van der Waals surface area contributed by atoms with Gasteiger partial charge in [-0.2, -0.15) is 0 Å². The van der Waals surface area contributed by atoms with Gasteiger partial charge in [-0.3, -0.25) is 4.79 Å². The summed E-state index contributed by atoms with van der Waals surface area (Å²) in [6, 6.07) is 4.61. The molecule has 1 aromatic carbocycles. The molecule has 0 bridgehead atoms. The number of amides is 3. The molecule has 0 saturated carbocycles. The van der Waals surface area contributed by atoms with Gasteiger partial charge >= 0.3 is 18.2 Å². The molecule has 4 rings (SSSR count). The van der Waals surface area contributed by atoms with Gasteiger partial charge in [-0.15, -0.1) is 0 Å². The molecule has 5 atom stereocenters. The summed E-state index contributed by atoms with van der Waals surface area (Å²) in [6.45, 7) is 2.61. The van der Waals surface area contributed by atoms with Gasteiger partial charge in [-0.25, -0.2) is 14.4 Å². The highest BCUT2D eigenvalue weighted by Crippen LogP contribution is 2.41. The molecule has 3 heterocycles. The summed E-state index contributed by atoms with van der Waals surface area (Å²) in [4.78, 5) is 49.2. The van der Waals surface area contributed by atoms with Crippen molar-refractivity contribution >= 4 is 24.1 Å². The van der Waals surface area contributed by atoms with Crippen molar-refractivity contribution in [1.29, 1.82) is 0 Å². The molecule has 3 aliphatic rings. The van der Waals surface area contributed by atoms with Gasteiger partial charge in [0.15, 0.2) is 17.3 Å². The molecule has 0 unspecified atom stereocenters. The zero-order valence-corrected chi connectivity index (χ0v) is 25.9. The second-order valence-corrected chi connectivity index (χ2v) is 11.2. The Hall–Kier alpha value is -3.82. The highest BCUT2D eigenvalue weighted by atomic mass is 16.7. The lowest BCUT2D eigenvalue weighted by Gasteiger charge is -2.47. The maximum absolute atomic E-state index is 12.9. The lowest BCUT2D eigenvalue weighted by atomic mass is 9.90. The molecule has 15 heteroatoms. The summed E-state index contributed by atoms with van der Waals surface area (Å²) in [6.07, 6.45) is 0.200. The minimum atomic E-state index is -1.10. The van der Waals surface area contributed by atoms with Crippen molar-refractivity contribution < 1.29 is 57.1 Å². The summed E-state index contributed by atoms with van der Waals surface area (Å²) < 4.78 is 44.3. The molecule has 0 aliphatic carbocycles. The molecule has 45 heavy (non-hydrogen) atoms. The van der Waals surface area contributed by atoms with E-state index in [2.05, 4.69) is 20.7 Å². The molecule has 2 saturated heterocycles. The molecular formula is C30H43N3O12. The highest BCUT2D eigenvalue weighted by molar-refractivity contribution is 5.84. The highest BCUT2D eigenvalue weighted by Gasteiger charge is 2.47. The van der Waals surface area contributed by atoms with Crippen molar-refractivity contribution in [2.24, 2.45) is 0 Å². The SMILES string of the molecule is COCCNC(=O)OC[C@H]1CCC[C@@]2(C[C@H](OC(=O)NCc3ccc4c(c3)OCO4)C[C@@H](CCC(=O)N[C@@H](C)C(=O)OC)O2)O1. The van der Waals surface area contributed by atoms with Crippen molar-refractivity contribution in [2.45, 2.75) is 88.6 Å². The number of carbonyl (C=O) groups is 4. The van der Waals surface area contributed by atoms with Gasteiger partial charge in [-0.1, -0.05) is 6.07 Å². The number of esters is 1. The van der Waals surface area contributed by atoms with Crippen molar-refractivity contribution in [3.8, 4) is 11.5 Å². The third kappa shape index (κ3) is 10.4. The van der Waals surface area contributed by atoms with Crippen LogP contribution in [0.5, 0.6) is 11.5 Å². The van der Waals surface area contributed by atoms with Crippen LogP contribution in [-0.2, 0) is 44.6 Å². The molecular weight excluding hydrogens is 594 g/mol. The second-order valence-electron chi connectivity index (χ2n) is 11.2. The lowest BCUT2D eigenvalue weighted by Crippen LogP contribution is -2.53. The predicted octanol–water partition coefficient (Wildman–Crippen LogP) is 2.29. The predicted molar refractivity (Wildman–Crippen MR) is 155 cm³/mol. The van der Waals surface area contributed by atoms with E-state index in [1.54, 1.807) is 12.1 Å². The zero-order valence-electron chi connectivity index (χ0n) is 25.9. The number of carbonyl (C=O) groups excluding carboxylic acids is 4. The van der Waals surface area contributed by atoms with Gasteiger partial charge in [0.2, 0.25) is 12.7 Å². The molecule has 250 valence electrons. The van der Waals surface area contributed by atoms with Crippen LogP contribution in [-0.4, -0.2) is 95.0 Å². The standard InChI is InChI=1S/C30H43N3O12/c1-19(27(35)39-3)33-26(34)9-7-21-14-23(43-29(37)32-16-20-6-8-24-25(13-20)42-18-41-24)15-30(44-21)10-4-5-22(45-30)17-40-28(36)31-11-12-38-2/h6,8,13,19,21-23H,4-5,7,9-12,14-18H2,1-3H3,(H,31,36)(H,32,37)(H,33,34)/t19-,21+,22+,23+,30-/m0/s1. The number of fused-ring (bicyclic) bond motifs is 1. The van der Waals surface area contributed by atoms with Crippen LogP contribution in [0.15, 0.2) is 18.2 Å². The monoisotopic (exact) mass is 637 g/mol. The molecule has 2 fully saturated rings. The molecule has 0 aromatic heterocycles. The number of rotatable bonds is 13. The molecule has 15 nitrogen and oxygen atoms in total. The molecule has 3 N–H and O–H groups in total. The fraction of sp³-hybridized carbons (Fsp3) is 0.667. The molecule has 3 aliphatic heterocycles.